The number of para-hydroxylation sites is 1. The van der Waals surface area contributed by atoms with Crippen molar-refractivity contribution in [1.82, 2.24) is 14.6 Å². The largest absolute Gasteiger partial charge is 0.493 e. The van der Waals surface area contributed by atoms with Gasteiger partial charge in [-0.15, -0.1) is 5.10 Å². The van der Waals surface area contributed by atoms with Gasteiger partial charge in [-0.3, -0.25) is 4.79 Å². The molecule has 0 saturated heterocycles. The van der Waals surface area contributed by atoms with Crippen LogP contribution in [0.1, 0.15) is 31.9 Å². The smallest absolute Gasteiger partial charge is 0.291 e. The summed E-state index contributed by atoms with van der Waals surface area (Å²) in [5.74, 6) is 1.74. The normalized spacial score (nSPS) is 12.5. The summed E-state index contributed by atoms with van der Waals surface area (Å²) >= 11 is 1.30. The molecule has 0 aliphatic heterocycles. The van der Waals surface area contributed by atoms with Gasteiger partial charge in [0.05, 0.1) is 18.8 Å². The van der Waals surface area contributed by atoms with Gasteiger partial charge < -0.3 is 9.47 Å². The molecule has 154 valence electrons. The number of hydrogen-bond donors (Lipinski definition) is 0. The quantitative estimate of drug-likeness (QED) is 0.503. The van der Waals surface area contributed by atoms with E-state index in [0.717, 1.165) is 11.1 Å². The molecule has 2 aromatic carbocycles. The maximum absolute atomic E-state index is 12.9. The van der Waals surface area contributed by atoms with Crippen molar-refractivity contribution in [2.75, 3.05) is 14.2 Å². The lowest BCUT2D eigenvalue weighted by Gasteiger charge is -2.18. The maximum Gasteiger partial charge on any atom is 0.291 e. The lowest BCUT2D eigenvalue weighted by atomic mass is 9.87. The molecule has 0 atom stereocenters. The highest BCUT2D eigenvalue weighted by Crippen LogP contribution is 2.31. The first-order valence-electron chi connectivity index (χ1n) is 9.55. The van der Waals surface area contributed by atoms with Gasteiger partial charge in [-0.1, -0.05) is 68.5 Å². The van der Waals surface area contributed by atoms with E-state index in [4.69, 9.17) is 9.47 Å². The number of fused-ring (bicyclic) bond motifs is 1. The molecule has 0 radical (unpaired) electrons. The van der Waals surface area contributed by atoms with Crippen molar-refractivity contribution in [2.24, 2.45) is 0 Å². The van der Waals surface area contributed by atoms with Gasteiger partial charge in [-0.25, -0.2) is 0 Å². The molecule has 0 unspecified atom stereocenters. The van der Waals surface area contributed by atoms with Crippen molar-refractivity contribution in [1.29, 1.82) is 0 Å². The van der Waals surface area contributed by atoms with Crippen molar-refractivity contribution in [3.05, 3.63) is 68.5 Å². The van der Waals surface area contributed by atoms with Crippen molar-refractivity contribution >= 4 is 22.4 Å². The Bertz CT molecular complexity index is 1310. The second-order valence-electron chi connectivity index (χ2n) is 7.96. The topological polar surface area (TPSA) is 65.7 Å². The molecule has 7 heteroatoms. The van der Waals surface area contributed by atoms with Crippen LogP contribution in [0.5, 0.6) is 11.5 Å². The van der Waals surface area contributed by atoms with Gasteiger partial charge in [0.1, 0.15) is 0 Å². The predicted molar refractivity (Wildman–Crippen MR) is 120 cm³/mol. The molecule has 6 nitrogen and oxygen atoms in total. The highest BCUT2D eigenvalue weighted by Gasteiger charge is 2.16. The molecule has 0 fully saturated rings. The number of rotatable bonds is 4. The molecule has 0 spiro atoms. The molecule has 0 aliphatic carbocycles. The van der Waals surface area contributed by atoms with Crippen molar-refractivity contribution < 1.29 is 9.47 Å². The van der Waals surface area contributed by atoms with Crippen LogP contribution < -0.4 is 19.6 Å². The van der Waals surface area contributed by atoms with E-state index in [1.165, 1.54) is 21.4 Å². The number of nitrogens with zero attached hydrogens (tertiary/aromatic N) is 3. The Hall–Kier alpha value is -3.19. The Morgan fingerprint density at radius 1 is 1.03 bits per heavy atom. The van der Waals surface area contributed by atoms with E-state index in [1.54, 1.807) is 20.3 Å². The third kappa shape index (κ3) is 3.57. The Morgan fingerprint density at radius 2 is 1.77 bits per heavy atom. The molecule has 0 N–H and O–H groups in total. The summed E-state index contributed by atoms with van der Waals surface area (Å²) in [6.45, 7) is 6.52. The van der Waals surface area contributed by atoms with Crippen LogP contribution in [0.25, 0.3) is 22.4 Å². The van der Waals surface area contributed by atoms with E-state index in [9.17, 15) is 4.79 Å². The molecular weight excluding hydrogens is 398 g/mol. The minimum Gasteiger partial charge on any atom is -0.493 e. The van der Waals surface area contributed by atoms with E-state index >= 15 is 0 Å². The van der Waals surface area contributed by atoms with Gasteiger partial charge in [-0.05, 0) is 23.1 Å². The zero-order chi connectivity index (χ0) is 21.5. The van der Waals surface area contributed by atoms with Gasteiger partial charge in [-0.2, -0.15) is 9.50 Å². The maximum atomic E-state index is 12.9. The molecule has 30 heavy (non-hydrogen) atoms. The van der Waals surface area contributed by atoms with E-state index < -0.39 is 0 Å². The SMILES string of the molecule is COc1cccc(/C=c2\sc3nc(-c4ccc(C(C)(C)C)cc4)nn3c2=O)c1OC. The Morgan fingerprint density at radius 3 is 2.37 bits per heavy atom. The van der Waals surface area contributed by atoms with Crippen LogP contribution in [-0.4, -0.2) is 28.8 Å². The monoisotopic (exact) mass is 421 g/mol. The highest BCUT2D eigenvalue weighted by molar-refractivity contribution is 7.15. The molecule has 0 bridgehead atoms. The third-order valence-electron chi connectivity index (χ3n) is 4.91. The third-order valence-corrected chi connectivity index (χ3v) is 5.87. The predicted octanol–water partition coefficient (Wildman–Crippen LogP) is 3.68. The first-order valence-corrected chi connectivity index (χ1v) is 10.4. The standard InChI is InChI=1S/C23H23N3O3S/c1-23(2,3)16-11-9-14(10-12-16)20-24-22-26(25-20)21(27)18(30-22)13-15-7-6-8-17(28-4)19(15)29-5/h6-13H,1-5H3/b18-13-. The Labute approximate surface area is 178 Å². The van der Waals surface area contributed by atoms with Crippen LogP contribution in [0, 0.1) is 0 Å². The number of benzene rings is 2. The lowest BCUT2D eigenvalue weighted by Crippen LogP contribution is -2.23. The van der Waals surface area contributed by atoms with E-state index in [1.807, 2.05) is 30.3 Å². The minimum absolute atomic E-state index is 0.0780. The molecule has 0 aliphatic rings. The van der Waals surface area contributed by atoms with E-state index in [0.29, 0.717) is 26.8 Å². The summed E-state index contributed by atoms with van der Waals surface area (Å²) in [5.41, 5.74) is 2.76. The number of thiazole rings is 1. The summed E-state index contributed by atoms with van der Waals surface area (Å²) in [4.78, 5) is 18.0. The fourth-order valence-corrected chi connectivity index (χ4v) is 4.14. The first-order chi connectivity index (χ1) is 14.3. The summed E-state index contributed by atoms with van der Waals surface area (Å²) in [5, 5.41) is 4.44. The fourth-order valence-electron chi connectivity index (χ4n) is 3.24. The average molecular weight is 422 g/mol. The Balaban J connectivity index is 1.75. The number of methoxy groups -OCH3 is 2. The second-order valence-corrected chi connectivity index (χ2v) is 8.96. The Kier molecular flexibility index (Phi) is 5.07. The van der Waals surface area contributed by atoms with Crippen LogP contribution in [0.2, 0.25) is 0 Å². The molecule has 4 rings (SSSR count). The van der Waals surface area contributed by atoms with Crippen LogP contribution in [0.15, 0.2) is 47.3 Å². The number of hydrogen-bond acceptors (Lipinski definition) is 6. The summed E-state index contributed by atoms with van der Waals surface area (Å²) < 4.78 is 12.7. The van der Waals surface area contributed by atoms with Gasteiger partial charge in [0.15, 0.2) is 17.3 Å². The molecule has 2 heterocycles. The highest BCUT2D eigenvalue weighted by atomic mass is 32.1. The van der Waals surface area contributed by atoms with Crippen molar-refractivity contribution in [3.8, 4) is 22.9 Å². The zero-order valence-electron chi connectivity index (χ0n) is 17.6. The van der Waals surface area contributed by atoms with E-state index in [-0.39, 0.29) is 11.0 Å². The molecule has 2 aromatic heterocycles. The van der Waals surface area contributed by atoms with Crippen molar-refractivity contribution in [2.45, 2.75) is 26.2 Å². The van der Waals surface area contributed by atoms with E-state index in [2.05, 4.69) is 43.0 Å². The van der Waals surface area contributed by atoms with Crippen LogP contribution in [0.4, 0.5) is 0 Å². The number of ether oxygens (including phenoxy) is 2. The number of aromatic nitrogens is 3. The van der Waals surface area contributed by atoms with Crippen LogP contribution >= 0.6 is 11.3 Å². The van der Waals surface area contributed by atoms with Gasteiger partial charge in [0.2, 0.25) is 4.96 Å². The van der Waals surface area contributed by atoms with Crippen LogP contribution in [-0.2, 0) is 5.41 Å². The lowest BCUT2D eigenvalue weighted by molar-refractivity contribution is 0.354. The summed E-state index contributed by atoms with van der Waals surface area (Å²) in [6.07, 6.45) is 1.78. The van der Waals surface area contributed by atoms with Crippen molar-refractivity contribution in [3.63, 3.8) is 0 Å². The minimum atomic E-state index is -0.204. The summed E-state index contributed by atoms with van der Waals surface area (Å²) in [7, 11) is 3.16. The second kappa shape index (κ2) is 7.57. The molecule has 0 amide bonds. The molecular formula is C23H23N3O3S. The first kappa shape index (κ1) is 20.1. The van der Waals surface area contributed by atoms with Gasteiger partial charge in [0, 0.05) is 11.1 Å². The molecule has 4 aromatic rings. The van der Waals surface area contributed by atoms with Gasteiger partial charge in [0.25, 0.3) is 5.56 Å². The average Bonchev–Trinajstić information content (AvgIpc) is 3.27. The fraction of sp³-hybridized carbons (Fsp3) is 0.261. The zero-order valence-corrected chi connectivity index (χ0v) is 18.4. The van der Waals surface area contributed by atoms with Crippen LogP contribution in [0.3, 0.4) is 0 Å². The van der Waals surface area contributed by atoms with Gasteiger partial charge >= 0.3 is 0 Å². The molecule has 0 saturated carbocycles. The summed E-state index contributed by atoms with van der Waals surface area (Å²) in [6, 6.07) is 13.7.